The molecule has 1 heterocycles. The molecule has 1 aliphatic rings. The Bertz CT molecular complexity index is 253. The Labute approximate surface area is 94.3 Å². The minimum atomic E-state index is -0.989. The maximum Gasteiger partial charge on any atom is 0.326 e. The van der Waals surface area contributed by atoms with E-state index in [4.69, 9.17) is 9.84 Å². The molecular formula is C10H18N2O4. The van der Waals surface area contributed by atoms with Gasteiger partial charge in [-0.15, -0.1) is 0 Å². The molecular weight excluding hydrogens is 212 g/mol. The second kappa shape index (κ2) is 6.44. The molecule has 16 heavy (non-hydrogen) atoms. The van der Waals surface area contributed by atoms with E-state index in [2.05, 4.69) is 10.6 Å². The molecule has 0 aromatic heterocycles. The SMILES string of the molecule is COCCCC(NC(=O)C1CNC1)C(=O)O. The molecule has 92 valence electrons. The van der Waals surface area contributed by atoms with Crippen LogP contribution in [0.3, 0.4) is 0 Å². The Balaban J connectivity index is 2.31. The minimum absolute atomic E-state index is 0.0794. The van der Waals surface area contributed by atoms with Gasteiger partial charge in [-0.1, -0.05) is 0 Å². The Morgan fingerprint density at radius 1 is 1.56 bits per heavy atom. The van der Waals surface area contributed by atoms with Crippen LogP contribution in [0.5, 0.6) is 0 Å². The van der Waals surface area contributed by atoms with Crippen LogP contribution in [-0.4, -0.2) is 49.8 Å². The number of aliphatic carboxylic acids is 1. The van der Waals surface area contributed by atoms with Crippen LogP contribution in [-0.2, 0) is 14.3 Å². The van der Waals surface area contributed by atoms with E-state index >= 15 is 0 Å². The lowest BCUT2D eigenvalue weighted by atomic mass is 10.0. The van der Waals surface area contributed by atoms with Crippen molar-refractivity contribution < 1.29 is 19.4 Å². The third kappa shape index (κ3) is 3.79. The number of carboxylic acids is 1. The highest BCUT2D eigenvalue weighted by Crippen LogP contribution is 2.05. The van der Waals surface area contributed by atoms with Crippen molar-refractivity contribution in [3.05, 3.63) is 0 Å². The molecule has 1 fully saturated rings. The maximum absolute atomic E-state index is 11.5. The van der Waals surface area contributed by atoms with Crippen molar-refractivity contribution in [3.8, 4) is 0 Å². The van der Waals surface area contributed by atoms with Crippen LogP contribution in [0, 0.1) is 5.92 Å². The summed E-state index contributed by atoms with van der Waals surface area (Å²) in [4.78, 5) is 22.4. The minimum Gasteiger partial charge on any atom is -0.480 e. The van der Waals surface area contributed by atoms with E-state index < -0.39 is 12.0 Å². The van der Waals surface area contributed by atoms with E-state index in [0.29, 0.717) is 32.5 Å². The summed E-state index contributed by atoms with van der Waals surface area (Å²) in [5.74, 6) is -1.25. The van der Waals surface area contributed by atoms with Gasteiger partial charge in [0, 0.05) is 26.8 Å². The molecule has 0 aromatic rings. The van der Waals surface area contributed by atoms with E-state index in [1.165, 1.54) is 0 Å². The number of ether oxygens (including phenoxy) is 1. The van der Waals surface area contributed by atoms with Gasteiger partial charge in [0.25, 0.3) is 0 Å². The van der Waals surface area contributed by atoms with Gasteiger partial charge < -0.3 is 20.5 Å². The summed E-state index contributed by atoms with van der Waals surface area (Å²) in [5.41, 5.74) is 0. The molecule has 1 unspecified atom stereocenters. The average Bonchev–Trinajstić information content (AvgIpc) is 2.13. The van der Waals surface area contributed by atoms with Gasteiger partial charge in [0.1, 0.15) is 6.04 Å². The summed E-state index contributed by atoms with van der Waals surface area (Å²) in [7, 11) is 1.56. The van der Waals surface area contributed by atoms with Crippen molar-refractivity contribution in [2.45, 2.75) is 18.9 Å². The number of nitrogens with one attached hydrogen (secondary N) is 2. The Hall–Kier alpha value is -1.14. The molecule has 0 radical (unpaired) electrons. The normalized spacial score (nSPS) is 17.6. The number of rotatable bonds is 7. The van der Waals surface area contributed by atoms with Crippen molar-refractivity contribution in [1.29, 1.82) is 0 Å². The van der Waals surface area contributed by atoms with E-state index in [1.54, 1.807) is 7.11 Å². The molecule has 0 aromatic carbocycles. The molecule has 3 N–H and O–H groups in total. The van der Waals surface area contributed by atoms with Gasteiger partial charge in [0.05, 0.1) is 5.92 Å². The van der Waals surface area contributed by atoms with E-state index in [9.17, 15) is 9.59 Å². The van der Waals surface area contributed by atoms with Gasteiger partial charge >= 0.3 is 5.97 Å². The number of amides is 1. The molecule has 1 rings (SSSR count). The van der Waals surface area contributed by atoms with Gasteiger partial charge in [-0.25, -0.2) is 4.79 Å². The molecule has 0 bridgehead atoms. The van der Waals surface area contributed by atoms with E-state index in [1.807, 2.05) is 0 Å². The summed E-state index contributed by atoms with van der Waals surface area (Å²) >= 11 is 0. The fraction of sp³-hybridized carbons (Fsp3) is 0.800. The van der Waals surface area contributed by atoms with Crippen molar-refractivity contribution in [1.82, 2.24) is 10.6 Å². The van der Waals surface area contributed by atoms with Crippen LogP contribution in [0.1, 0.15) is 12.8 Å². The second-order valence-electron chi connectivity index (χ2n) is 3.89. The lowest BCUT2D eigenvalue weighted by Gasteiger charge is -2.27. The zero-order valence-corrected chi connectivity index (χ0v) is 9.36. The fourth-order valence-electron chi connectivity index (χ4n) is 1.45. The molecule has 1 aliphatic heterocycles. The monoisotopic (exact) mass is 230 g/mol. The predicted molar refractivity (Wildman–Crippen MR) is 57.0 cm³/mol. The maximum atomic E-state index is 11.5. The van der Waals surface area contributed by atoms with E-state index in [-0.39, 0.29) is 11.8 Å². The third-order valence-electron chi connectivity index (χ3n) is 2.61. The molecule has 1 amide bonds. The third-order valence-corrected chi connectivity index (χ3v) is 2.61. The molecule has 0 saturated carbocycles. The largest absolute Gasteiger partial charge is 0.480 e. The number of hydrogen-bond acceptors (Lipinski definition) is 4. The lowest BCUT2D eigenvalue weighted by Crippen LogP contribution is -2.54. The predicted octanol–water partition coefficient (Wildman–Crippen LogP) is -0.798. The summed E-state index contributed by atoms with van der Waals surface area (Å²) < 4.78 is 4.84. The Kier molecular flexibility index (Phi) is 5.21. The van der Waals surface area contributed by atoms with Gasteiger partial charge in [-0.05, 0) is 12.8 Å². The number of hydrogen-bond donors (Lipinski definition) is 3. The highest BCUT2D eigenvalue weighted by atomic mass is 16.5. The summed E-state index contributed by atoms with van der Waals surface area (Å²) in [5, 5.41) is 14.4. The highest BCUT2D eigenvalue weighted by molar-refractivity contribution is 5.85. The zero-order valence-electron chi connectivity index (χ0n) is 9.36. The first-order valence-electron chi connectivity index (χ1n) is 5.38. The van der Waals surface area contributed by atoms with Crippen molar-refractivity contribution in [2.24, 2.45) is 5.92 Å². The lowest BCUT2D eigenvalue weighted by molar-refractivity contribution is -0.143. The first-order chi connectivity index (χ1) is 7.65. The number of carbonyl (C=O) groups is 2. The Morgan fingerprint density at radius 3 is 2.69 bits per heavy atom. The quantitative estimate of drug-likeness (QED) is 0.498. The molecule has 1 atom stereocenters. The van der Waals surface area contributed by atoms with Gasteiger partial charge in [-0.3, -0.25) is 4.79 Å². The first-order valence-corrected chi connectivity index (χ1v) is 5.38. The van der Waals surface area contributed by atoms with Gasteiger partial charge in [-0.2, -0.15) is 0 Å². The number of carboxylic acid groups (broad SMARTS) is 1. The molecule has 0 spiro atoms. The molecule has 1 saturated heterocycles. The molecule has 6 nitrogen and oxygen atoms in total. The fourth-order valence-corrected chi connectivity index (χ4v) is 1.45. The highest BCUT2D eigenvalue weighted by Gasteiger charge is 2.28. The van der Waals surface area contributed by atoms with Crippen LogP contribution in [0.25, 0.3) is 0 Å². The topological polar surface area (TPSA) is 87.7 Å². The van der Waals surface area contributed by atoms with Crippen LogP contribution < -0.4 is 10.6 Å². The smallest absolute Gasteiger partial charge is 0.326 e. The standard InChI is InChI=1S/C10H18N2O4/c1-16-4-2-3-8(10(14)15)12-9(13)7-5-11-6-7/h7-8,11H,2-6H2,1H3,(H,12,13)(H,14,15). The molecule has 6 heteroatoms. The van der Waals surface area contributed by atoms with Crippen LogP contribution in [0.2, 0.25) is 0 Å². The molecule has 0 aliphatic carbocycles. The van der Waals surface area contributed by atoms with Crippen molar-refractivity contribution >= 4 is 11.9 Å². The second-order valence-corrected chi connectivity index (χ2v) is 3.89. The van der Waals surface area contributed by atoms with Crippen molar-refractivity contribution in [2.75, 3.05) is 26.8 Å². The summed E-state index contributed by atoms with van der Waals surface area (Å²) in [6.45, 7) is 1.77. The van der Waals surface area contributed by atoms with Crippen LogP contribution >= 0.6 is 0 Å². The first kappa shape index (κ1) is 12.9. The summed E-state index contributed by atoms with van der Waals surface area (Å²) in [6.07, 6.45) is 1.02. The van der Waals surface area contributed by atoms with Crippen LogP contribution in [0.15, 0.2) is 0 Å². The Morgan fingerprint density at radius 2 is 2.25 bits per heavy atom. The number of carbonyl (C=O) groups excluding carboxylic acids is 1. The van der Waals surface area contributed by atoms with Gasteiger partial charge in [0.2, 0.25) is 5.91 Å². The van der Waals surface area contributed by atoms with Gasteiger partial charge in [0.15, 0.2) is 0 Å². The zero-order chi connectivity index (χ0) is 12.0. The van der Waals surface area contributed by atoms with Crippen LogP contribution in [0.4, 0.5) is 0 Å². The van der Waals surface area contributed by atoms with Crippen molar-refractivity contribution in [3.63, 3.8) is 0 Å². The van der Waals surface area contributed by atoms with E-state index in [0.717, 1.165) is 0 Å². The summed E-state index contributed by atoms with van der Waals surface area (Å²) in [6, 6.07) is -0.803. The average molecular weight is 230 g/mol. The number of methoxy groups -OCH3 is 1.